The molecule has 18 heavy (non-hydrogen) atoms. The lowest BCUT2D eigenvalue weighted by Gasteiger charge is -2.03. The van der Waals surface area contributed by atoms with E-state index in [-0.39, 0.29) is 5.56 Å². The average Bonchev–Trinajstić information content (AvgIpc) is 2.71. The van der Waals surface area contributed by atoms with Crippen LogP contribution in [0.3, 0.4) is 0 Å². The van der Waals surface area contributed by atoms with E-state index < -0.39 is 0 Å². The summed E-state index contributed by atoms with van der Waals surface area (Å²) in [6.07, 6.45) is 1.84. The maximum absolute atomic E-state index is 11.9. The van der Waals surface area contributed by atoms with Gasteiger partial charge in [-0.15, -0.1) is 0 Å². The van der Waals surface area contributed by atoms with Crippen molar-refractivity contribution in [2.75, 3.05) is 0 Å². The van der Waals surface area contributed by atoms with Crippen LogP contribution in [-0.2, 0) is 0 Å². The third-order valence-corrected chi connectivity index (χ3v) is 2.95. The molecular formula is C14H13N3O. The Kier molecular flexibility index (Phi) is 2.30. The molecule has 3 rings (SSSR count). The summed E-state index contributed by atoms with van der Waals surface area (Å²) in [6, 6.07) is 9.79. The van der Waals surface area contributed by atoms with Gasteiger partial charge in [-0.3, -0.25) is 4.79 Å². The number of H-pyrrole nitrogens is 1. The second kappa shape index (κ2) is 3.84. The quantitative estimate of drug-likeness (QED) is 0.708. The van der Waals surface area contributed by atoms with Crippen LogP contribution in [0.4, 0.5) is 0 Å². The third kappa shape index (κ3) is 1.72. The smallest absolute Gasteiger partial charge is 0.274 e. The fourth-order valence-corrected chi connectivity index (χ4v) is 2.01. The van der Waals surface area contributed by atoms with Gasteiger partial charge in [-0.2, -0.15) is 5.10 Å². The number of benzene rings is 1. The van der Waals surface area contributed by atoms with E-state index in [1.165, 1.54) is 5.56 Å². The van der Waals surface area contributed by atoms with E-state index in [9.17, 15) is 4.79 Å². The molecule has 1 aromatic carbocycles. The van der Waals surface area contributed by atoms with E-state index in [4.69, 9.17) is 0 Å². The van der Waals surface area contributed by atoms with Crippen molar-refractivity contribution in [1.29, 1.82) is 0 Å². The van der Waals surface area contributed by atoms with E-state index >= 15 is 0 Å². The first-order chi connectivity index (χ1) is 8.63. The number of nitrogens with zero attached hydrogens (tertiary/aromatic N) is 2. The predicted molar refractivity (Wildman–Crippen MR) is 70.7 cm³/mol. The number of aromatic amines is 1. The normalized spacial score (nSPS) is 11.0. The lowest BCUT2D eigenvalue weighted by atomic mass is 10.1. The SMILES string of the molecule is Cc1ccc(-c2cn3nc(C)cc3c(=O)[nH]2)cc1. The summed E-state index contributed by atoms with van der Waals surface area (Å²) in [5, 5.41) is 4.27. The fourth-order valence-electron chi connectivity index (χ4n) is 2.01. The van der Waals surface area contributed by atoms with Gasteiger partial charge >= 0.3 is 0 Å². The van der Waals surface area contributed by atoms with Gasteiger partial charge in [-0.1, -0.05) is 29.8 Å². The second-order valence-electron chi connectivity index (χ2n) is 4.48. The molecule has 0 saturated heterocycles. The molecule has 0 spiro atoms. The van der Waals surface area contributed by atoms with E-state index in [1.54, 1.807) is 10.6 Å². The standard InChI is InChI=1S/C14H13N3O/c1-9-3-5-11(6-4-9)12-8-17-13(14(18)15-12)7-10(2)16-17/h3-8H,1-2H3,(H,15,18). The summed E-state index contributed by atoms with van der Waals surface area (Å²) in [7, 11) is 0. The van der Waals surface area contributed by atoms with Crippen molar-refractivity contribution in [3.8, 4) is 11.3 Å². The average molecular weight is 239 g/mol. The molecule has 0 aliphatic carbocycles. The van der Waals surface area contributed by atoms with Gasteiger partial charge in [-0.05, 0) is 25.5 Å². The highest BCUT2D eigenvalue weighted by molar-refractivity contribution is 5.60. The van der Waals surface area contributed by atoms with Crippen LogP contribution in [-0.4, -0.2) is 14.6 Å². The van der Waals surface area contributed by atoms with Crippen LogP contribution >= 0.6 is 0 Å². The van der Waals surface area contributed by atoms with Crippen LogP contribution in [0.5, 0.6) is 0 Å². The Hall–Kier alpha value is -2.36. The number of rotatable bonds is 1. The largest absolute Gasteiger partial charge is 0.319 e. The molecule has 1 N–H and O–H groups in total. The Bertz CT molecular complexity index is 766. The van der Waals surface area contributed by atoms with Crippen molar-refractivity contribution in [3.63, 3.8) is 0 Å². The van der Waals surface area contributed by atoms with Crippen LogP contribution in [0.25, 0.3) is 16.8 Å². The number of aryl methyl sites for hydroxylation is 2. The van der Waals surface area contributed by atoms with Gasteiger partial charge in [0.25, 0.3) is 5.56 Å². The summed E-state index contributed by atoms with van der Waals surface area (Å²) in [4.78, 5) is 14.8. The molecule has 0 saturated carbocycles. The van der Waals surface area contributed by atoms with Crippen LogP contribution in [0.2, 0.25) is 0 Å². The number of nitrogens with one attached hydrogen (secondary N) is 1. The molecule has 4 heteroatoms. The van der Waals surface area contributed by atoms with Crippen LogP contribution in [0.1, 0.15) is 11.3 Å². The summed E-state index contributed by atoms with van der Waals surface area (Å²) < 4.78 is 1.63. The van der Waals surface area contributed by atoms with Crippen molar-refractivity contribution >= 4 is 5.52 Å². The lowest BCUT2D eigenvalue weighted by molar-refractivity contribution is 0.917. The molecule has 2 heterocycles. The molecule has 0 radical (unpaired) electrons. The first kappa shape index (κ1) is 10.8. The maximum atomic E-state index is 11.9. The summed E-state index contributed by atoms with van der Waals surface area (Å²) in [5.41, 5.74) is 4.24. The minimum absolute atomic E-state index is 0.117. The van der Waals surface area contributed by atoms with Crippen molar-refractivity contribution in [1.82, 2.24) is 14.6 Å². The highest BCUT2D eigenvalue weighted by atomic mass is 16.1. The van der Waals surface area contributed by atoms with E-state index in [1.807, 2.05) is 44.3 Å². The molecule has 3 aromatic rings. The van der Waals surface area contributed by atoms with Crippen molar-refractivity contribution < 1.29 is 0 Å². The van der Waals surface area contributed by atoms with Crippen LogP contribution in [0, 0.1) is 13.8 Å². The lowest BCUT2D eigenvalue weighted by Crippen LogP contribution is -2.10. The van der Waals surface area contributed by atoms with E-state index in [0.29, 0.717) is 5.52 Å². The number of aromatic nitrogens is 3. The maximum Gasteiger partial charge on any atom is 0.274 e. The topological polar surface area (TPSA) is 50.2 Å². The summed E-state index contributed by atoms with van der Waals surface area (Å²) in [5.74, 6) is 0. The third-order valence-electron chi connectivity index (χ3n) is 2.95. The van der Waals surface area contributed by atoms with Crippen LogP contribution < -0.4 is 5.56 Å². The van der Waals surface area contributed by atoms with Gasteiger partial charge in [0.15, 0.2) is 0 Å². The summed E-state index contributed by atoms with van der Waals surface area (Å²) >= 11 is 0. The molecule has 0 unspecified atom stereocenters. The highest BCUT2D eigenvalue weighted by Crippen LogP contribution is 2.16. The molecule has 0 amide bonds. The first-order valence-electron chi connectivity index (χ1n) is 5.80. The van der Waals surface area contributed by atoms with Gasteiger partial charge in [0.2, 0.25) is 0 Å². The Morgan fingerprint density at radius 1 is 1.17 bits per heavy atom. The van der Waals surface area contributed by atoms with Gasteiger partial charge in [0.1, 0.15) is 5.52 Å². The number of hydrogen-bond acceptors (Lipinski definition) is 2. The van der Waals surface area contributed by atoms with Gasteiger partial charge in [-0.25, -0.2) is 4.52 Å². The Morgan fingerprint density at radius 2 is 1.89 bits per heavy atom. The zero-order chi connectivity index (χ0) is 12.7. The van der Waals surface area contributed by atoms with Gasteiger partial charge < -0.3 is 4.98 Å². The predicted octanol–water partition coefficient (Wildman–Crippen LogP) is 2.31. The Balaban J connectivity index is 2.24. The minimum Gasteiger partial charge on any atom is -0.319 e. The Labute approximate surface area is 104 Å². The van der Waals surface area contributed by atoms with Crippen molar-refractivity contribution in [2.45, 2.75) is 13.8 Å². The van der Waals surface area contributed by atoms with E-state index in [0.717, 1.165) is 17.0 Å². The zero-order valence-electron chi connectivity index (χ0n) is 10.3. The molecule has 0 atom stereocenters. The zero-order valence-corrected chi connectivity index (χ0v) is 10.3. The Morgan fingerprint density at radius 3 is 2.61 bits per heavy atom. The number of hydrogen-bond donors (Lipinski definition) is 1. The van der Waals surface area contributed by atoms with Crippen molar-refractivity contribution in [3.05, 3.63) is 58.1 Å². The van der Waals surface area contributed by atoms with E-state index in [2.05, 4.69) is 10.1 Å². The molecule has 90 valence electrons. The monoisotopic (exact) mass is 239 g/mol. The van der Waals surface area contributed by atoms with Gasteiger partial charge in [0, 0.05) is 0 Å². The fraction of sp³-hybridized carbons (Fsp3) is 0.143. The first-order valence-corrected chi connectivity index (χ1v) is 5.80. The summed E-state index contributed by atoms with van der Waals surface area (Å²) in [6.45, 7) is 3.91. The second-order valence-corrected chi connectivity index (χ2v) is 4.48. The minimum atomic E-state index is -0.117. The van der Waals surface area contributed by atoms with Crippen LogP contribution in [0.15, 0.2) is 41.3 Å². The van der Waals surface area contributed by atoms with Gasteiger partial charge in [0.05, 0.1) is 17.6 Å². The highest BCUT2D eigenvalue weighted by Gasteiger charge is 2.05. The number of fused-ring (bicyclic) bond motifs is 1. The molecule has 0 aliphatic heterocycles. The molecule has 2 aromatic heterocycles. The molecule has 0 aliphatic rings. The molecular weight excluding hydrogens is 226 g/mol. The van der Waals surface area contributed by atoms with Crippen molar-refractivity contribution in [2.24, 2.45) is 0 Å². The molecule has 4 nitrogen and oxygen atoms in total. The molecule has 0 fully saturated rings. The molecule has 0 bridgehead atoms.